The van der Waals surface area contributed by atoms with Crippen LogP contribution in [0.4, 0.5) is 10.5 Å². The molecule has 1 rings (SSSR count). The van der Waals surface area contributed by atoms with Crippen LogP contribution in [0.3, 0.4) is 0 Å². The molecule has 0 radical (unpaired) electrons. The second-order valence-electron chi connectivity index (χ2n) is 4.53. The van der Waals surface area contributed by atoms with Gasteiger partial charge in [-0.05, 0) is 48.0 Å². The zero-order chi connectivity index (χ0) is 16.0. The number of amides is 3. The predicted octanol–water partition coefficient (Wildman–Crippen LogP) is 1.79. The molecule has 0 unspecified atom stereocenters. The highest BCUT2D eigenvalue weighted by Crippen LogP contribution is 2.23. The minimum Gasteiger partial charge on any atom is -0.478 e. The molecule has 0 bridgehead atoms. The van der Waals surface area contributed by atoms with Crippen LogP contribution in [0, 0.1) is 0 Å². The van der Waals surface area contributed by atoms with Crippen molar-refractivity contribution in [2.45, 2.75) is 19.9 Å². The van der Waals surface area contributed by atoms with Crippen LogP contribution in [0.1, 0.15) is 24.2 Å². The van der Waals surface area contributed by atoms with Gasteiger partial charge in [0.25, 0.3) is 0 Å². The van der Waals surface area contributed by atoms with Crippen molar-refractivity contribution in [3.63, 3.8) is 0 Å². The minimum absolute atomic E-state index is 0.0104. The fourth-order valence-corrected chi connectivity index (χ4v) is 1.80. The van der Waals surface area contributed by atoms with Gasteiger partial charge in [-0.3, -0.25) is 4.79 Å². The van der Waals surface area contributed by atoms with Crippen LogP contribution in [0.25, 0.3) is 0 Å². The first-order valence-electron chi connectivity index (χ1n) is 6.16. The number of urea groups is 1. The maximum absolute atomic E-state index is 11.7. The lowest BCUT2D eigenvalue weighted by Gasteiger charge is -2.11. The molecule has 21 heavy (non-hydrogen) atoms. The van der Waals surface area contributed by atoms with Gasteiger partial charge in [-0.25, -0.2) is 9.59 Å². The van der Waals surface area contributed by atoms with Gasteiger partial charge < -0.3 is 21.1 Å². The molecule has 0 saturated heterocycles. The maximum atomic E-state index is 11.7. The lowest BCUT2D eigenvalue weighted by molar-refractivity contribution is -0.120. The van der Waals surface area contributed by atoms with Crippen molar-refractivity contribution in [3.05, 3.63) is 28.2 Å². The number of carbonyl (C=O) groups excluding carboxylic acids is 2. The second-order valence-corrected chi connectivity index (χ2v) is 5.38. The third-order valence-electron chi connectivity index (χ3n) is 2.32. The third-order valence-corrected chi connectivity index (χ3v) is 3.01. The first-order chi connectivity index (χ1) is 9.79. The summed E-state index contributed by atoms with van der Waals surface area (Å²) in [6.07, 6.45) is 0. The van der Waals surface area contributed by atoms with E-state index in [1.165, 1.54) is 18.2 Å². The number of carbonyl (C=O) groups is 3. The van der Waals surface area contributed by atoms with Gasteiger partial charge in [0.05, 0.1) is 17.8 Å². The van der Waals surface area contributed by atoms with Gasteiger partial charge >= 0.3 is 12.0 Å². The number of carboxylic acids is 1. The van der Waals surface area contributed by atoms with Gasteiger partial charge in [0.1, 0.15) is 0 Å². The average Bonchev–Trinajstić information content (AvgIpc) is 2.38. The number of nitrogens with one attached hydrogen (secondary N) is 3. The summed E-state index contributed by atoms with van der Waals surface area (Å²) in [5.74, 6) is -1.40. The summed E-state index contributed by atoms with van der Waals surface area (Å²) in [7, 11) is 0. The van der Waals surface area contributed by atoms with Crippen molar-refractivity contribution in [1.82, 2.24) is 10.6 Å². The van der Waals surface area contributed by atoms with Crippen LogP contribution in [0.2, 0.25) is 0 Å². The Labute approximate surface area is 130 Å². The van der Waals surface area contributed by atoms with Gasteiger partial charge in [-0.2, -0.15) is 0 Å². The highest BCUT2D eigenvalue weighted by atomic mass is 79.9. The second kappa shape index (κ2) is 7.63. The van der Waals surface area contributed by atoms with E-state index < -0.39 is 12.0 Å². The molecule has 0 fully saturated rings. The number of carboxylic acid groups (broad SMARTS) is 1. The van der Waals surface area contributed by atoms with E-state index in [0.717, 1.165) is 0 Å². The van der Waals surface area contributed by atoms with Gasteiger partial charge in [-0.15, -0.1) is 0 Å². The van der Waals surface area contributed by atoms with Crippen molar-refractivity contribution < 1.29 is 19.5 Å². The van der Waals surface area contributed by atoms with E-state index in [1.807, 2.05) is 13.8 Å². The highest BCUT2D eigenvalue weighted by Gasteiger charge is 2.11. The molecule has 114 valence electrons. The molecule has 0 atom stereocenters. The number of rotatable bonds is 5. The number of hydrogen-bond donors (Lipinski definition) is 4. The molecule has 1 aromatic carbocycles. The number of halogens is 1. The van der Waals surface area contributed by atoms with Crippen molar-refractivity contribution >= 4 is 39.5 Å². The van der Waals surface area contributed by atoms with E-state index in [0.29, 0.717) is 10.2 Å². The predicted molar refractivity (Wildman–Crippen MR) is 81.4 cm³/mol. The third kappa shape index (κ3) is 5.82. The van der Waals surface area contributed by atoms with Crippen LogP contribution in [-0.4, -0.2) is 35.6 Å². The maximum Gasteiger partial charge on any atom is 0.335 e. The Morgan fingerprint density at radius 1 is 1.29 bits per heavy atom. The number of benzene rings is 1. The first kappa shape index (κ1) is 17.0. The number of aromatic carboxylic acids is 1. The molecule has 0 saturated carbocycles. The smallest absolute Gasteiger partial charge is 0.335 e. The zero-order valence-electron chi connectivity index (χ0n) is 11.6. The standard InChI is InChI=1S/C13H16BrN3O4/c1-7(2)16-11(18)6-15-13(21)17-10-5-8(12(19)20)3-4-9(10)14/h3-5,7H,6H2,1-2H3,(H,16,18)(H,19,20)(H2,15,17,21). The van der Waals surface area contributed by atoms with Crippen molar-refractivity contribution in [1.29, 1.82) is 0 Å². The fraction of sp³-hybridized carbons (Fsp3) is 0.308. The summed E-state index contributed by atoms with van der Waals surface area (Å²) >= 11 is 3.21. The Hall–Kier alpha value is -2.09. The Morgan fingerprint density at radius 3 is 2.52 bits per heavy atom. The fourth-order valence-electron chi connectivity index (χ4n) is 1.45. The molecule has 0 aliphatic carbocycles. The van der Waals surface area contributed by atoms with Crippen molar-refractivity contribution in [2.24, 2.45) is 0 Å². The molecule has 0 aliphatic heterocycles. The minimum atomic E-state index is -1.10. The highest BCUT2D eigenvalue weighted by molar-refractivity contribution is 9.10. The molecular formula is C13H16BrN3O4. The molecule has 4 N–H and O–H groups in total. The van der Waals surface area contributed by atoms with E-state index in [2.05, 4.69) is 31.9 Å². The first-order valence-corrected chi connectivity index (χ1v) is 6.96. The Bertz CT molecular complexity index is 560. The van der Waals surface area contributed by atoms with Crippen LogP contribution in [0.15, 0.2) is 22.7 Å². The molecule has 0 aliphatic rings. The Morgan fingerprint density at radius 2 is 1.95 bits per heavy atom. The van der Waals surface area contributed by atoms with Crippen molar-refractivity contribution in [2.75, 3.05) is 11.9 Å². The van der Waals surface area contributed by atoms with Crippen molar-refractivity contribution in [3.8, 4) is 0 Å². The summed E-state index contributed by atoms with van der Waals surface area (Å²) in [6.45, 7) is 3.46. The molecule has 8 heteroatoms. The topological polar surface area (TPSA) is 108 Å². The van der Waals surface area contributed by atoms with Crippen LogP contribution in [-0.2, 0) is 4.79 Å². The van der Waals surface area contributed by atoms with Gasteiger partial charge in [-0.1, -0.05) is 0 Å². The van der Waals surface area contributed by atoms with E-state index >= 15 is 0 Å². The Balaban J connectivity index is 2.60. The SMILES string of the molecule is CC(C)NC(=O)CNC(=O)Nc1cc(C(=O)O)ccc1Br. The summed E-state index contributed by atoms with van der Waals surface area (Å²) in [5, 5.41) is 16.4. The van der Waals surface area contributed by atoms with Crippen LogP contribution < -0.4 is 16.0 Å². The summed E-state index contributed by atoms with van der Waals surface area (Å²) in [6, 6.07) is 3.64. The monoisotopic (exact) mass is 357 g/mol. The van der Waals surface area contributed by atoms with Gasteiger partial charge in [0, 0.05) is 10.5 Å². The normalized spacial score (nSPS) is 10.1. The molecule has 0 spiro atoms. The van der Waals surface area contributed by atoms with Gasteiger partial charge in [0.2, 0.25) is 5.91 Å². The molecule has 1 aromatic rings. The summed E-state index contributed by atoms with van der Waals surface area (Å²) < 4.78 is 0.536. The van der Waals surface area contributed by atoms with Gasteiger partial charge in [0.15, 0.2) is 0 Å². The quantitative estimate of drug-likeness (QED) is 0.644. The van der Waals surface area contributed by atoms with E-state index in [1.54, 1.807) is 0 Å². The Kier molecular flexibility index (Phi) is 6.16. The molecule has 3 amide bonds. The van der Waals surface area contributed by atoms with Crippen LogP contribution in [0.5, 0.6) is 0 Å². The summed E-state index contributed by atoms with van der Waals surface area (Å²) in [5.41, 5.74) is 0.350. The molecule has 7 nitrogen and oxygen atoms in total. The number of hydrogen-bond acceptors (Lipinski definition) is 3. The lowest BCUT2D eigenvalue weighted by atomic mass is 10.2. The molecule has 0 heterocycles. The average molecular weight is 358 g/mol. The van der Waals surface area contributed by atoms with E-state index in [4.69, 9.17) is 5.11 Å². The zero-order valence-corrected chi connectivity index (χ0v) is 13.2. The summed E-state index contributed by atoms with van der Waals surface area (Å²) in [4.78, 5) is 33.9. The van der Waals surface area contributed by atoms with E-state index in [-0.39, 0.29) is 24.1 Å². The number of anilines is 1. The molecular weight excluding hydrogens is 342 g/mol. The lowest BCUT2D eigenvalue weighted by Crippen LogP contribution is -2.41. The largest absolute Gasteiger partial charge is 0.478 e. The molecule has 0 aromatic heterocycles. The van der Waals surface area contributed by atoms with Crippen LogP contribution >= 0.6 is 15.9 Å². The van der Waals surface area contributed by atoms with E-state index in [9.17, 15) is 14.4 Å².